The number of carbonyl (C=O) groups is 1. The summed E-state index contributed by atoms with van der Waals surface area (Å²) in [5.74, 6) is -0.631. The minimum atomic E-state index is -0.354. The third kappa shape index (κ3) is 2.66. The van der Waals surface area contributed by atoms with Crippen LogP contribution in [0.15, 0.2) is 47.4 Å². The maximum Gasteiger partial charge on any atom is 0.339 e. The quantitative estimate of drug-likeness (QED) is 0.623. The molecule has 2 aromatic rings. The number of rotatable bonds is 3. The molecule has 22 heavy (non-hydrogen) atoms. The normalized spacial score (nSPS) is 14.4. The Labute approximate surface area is 133 Å². The van der Waals surface area contributed by atoms with E-state index in [1.807, 2.05) is 43.5 Å². The zero-order chi connectivity index (χ0) is 15.7. The van der Waals surface area contributed by atoms with Crippen molar-refractivity contribution < 1.29 is 13.9 Å². The molecule has 1 aliphatic heterocycles. The van der Waals surface area contributed by atoms with Crippen LogP contribution in [0.25, 0.3) is 11.1 Å². The lowest BCUT2D eigenvalue weighted by atomic mass is 9.96. The molecule has 4 heteroatoms. The van der Waals surface area contributed by atoms with E-state index in [0.29, 0.717) is 16.0 Å². The Hall–Kier alpha value is -2.07. The first-order chi connectivity index (χ1) is 10.6. The fraction of sp³-hybridized carbons (Fsp3) is 0.167. The van der Waals surface area contributed by atoms with Crippen LogP contribution in [0.5, 0.6) is 0 Å². The van der Waals surface area contributed by atoms with Gasteiger partial charge in [0.25, 0.3) is 0 Å². The van der Waals surface area contributed by atoms with Crippen LogP contribution < -0.4 is 0 Å². The third-order valence-electron chi connectivity index (χ3n) is 3.69. The predicted molar refractivity (Wildman–Crippen MR) is 87.1 cm³/mol. The first-order valence-electron chi connectivity index (χ1n) is 6.91. The van der Waals surface area contributed by atoms with E-state index in [1.165, 1.54) is 17.8 Å². The molecule has 0 spiro atoms. The van der Waals surface area contributed by atoms with Gasteiger partial charge in [-0.25, -0.2) is 9.18 Å². The molecular formula is C18H15FO2S. The van der Waals surface area contributed by atoms with Crippen LogP contribution in [-0.4, -0.2) is 18.8 Å². The second kappa shape index (κ2) is 5.97. The lowest BCUT2D eigenvalue weighted by Gasteiger charge is -2.07. The number of esters is 1. The summed E-state index contributed by atoms with van der Waals surface area (Å²) in [4.78, 5) is 12.7. The Kier molecular flexibility index (Phi) is 4.03. The Bertz CT molecular complexity index is 763. The summed E-state index contributed by atoms with van der Waals surface area (Å²) in [6, 6.07) is 12.7. The monoisotopic (exact) mass is 314 g/mol. The summed E-state index contributed by atoms with van der Waals surface area (Å²) in [5.41, 5.74) is 3.87. The first-order valence-corrected chi connectivity index (χ1v) is 8.14. The van der Waals surface area contributed by atoms with E-state index in [0.717, 1.165) is 16.7 Å². The molecule has 0 aliphatic carbocycles. The smallest absolute Gasteiger partial charge is 0.339 e. The van der Waals surface area contributed by atoms with Crippen LogP contribution in [0.4, 0.5) is 4.39 Å². The molecule has 3 rings (SSSR count). The van der Waals surface area contributed by atoms with Crippen molar-refractivity contribution in [2.45, 2.75) is 11.8 Å². The van der Waals surface area contributed by atoms with Gasteiger partial charge in [-0.1, -0.05) is 35.9 Å². The Morgan fingerprint density at radius 1 is 1.09 bits per heavy atom. The Morgan fingerprint density at radius 2 is 1.77 bits per heavy atom. The highest BCUT2D eigenvalue weighted by Crippen LogP contribution is 2.34. The maximum absolute atomic E-state index is 14.0. The first kappa shape index (κ1) is 14.9. The lowest BCUT2D eigenvalue weighted by molar-refractivity contribution is -0.133. The van der Waals surface area contributed by atoms with Gasteiger partial charge in [0.15, 0.2) is 0 Å². The van der Waals surface area contributed by atoms with Crippen LogP contribution in [-0.2, 0) is 9.53 Å². The van der Waals surface area contributed by atoms with Crippen molar-refractivity contribution in [3.8, 4) is 0 Å². The molecule has 0 saturated carbocycles. The van der Waals surface area contributed by atoms with Crippen molar-refractivity contribution >= 4 is 28.9 Å². The molecule has 0 unspecified atom stereocenters. The molecule has 0 amide bonds. The van der Waals surface area contributed by atoms with E-state index in [4.69, 9.17) is 4.74 Å². The molecule has 2 aromatic carbocycles. The average Bonchev–Trinajstić information content (AvgIpc) is 2.90. The number of halogens is 1. The van der Waals surface area contributed by atoms with E-state index in [-0.39, 0.29) is 18.4 Å². The van der Waals surface area contributed by atoms with E-state index < -0.39 is 0 Å². The molecule has 1 heterocycles. The topological polar surface area (TPSA) is 26.3 Å². The van der Waals surface area contributed by atoms with Crippen molar-refractivity contribution in [3.63, 3.8) is 0 Å². The van der Waals surface area contributed by atoms with Gasteiger partial charge in [0, 0.05) is 10.5 Å². The standard InChI is InChI=1S/C18H15FO2S/c1-11-3-5-12(6-4-11)17-14(10-21-18(17)20)13-7-8-16(22-2)15(19)9-13/h3-9H,10H2,1-2H3. The van der Waals surface area contributed by atoms with Gasteiger partial charge in [0.2, 0.25) is 0 Å². The molecule has 1 aliphatic rings. The van der Waals surface area contributed by atoms with Gasteiger partial charge in [0.1, 0.15) is 12.4 Å². The summed E-state index contributed by atoms with van der Waals surface area (Å²) in [5, 5.41) is 0. The van der Waals surface area contributed by atoms with Crippen LogP contribution in [0.2, 0.25) is 0 Å². The fourth-order valence-electron chi connectivity index (χ4n) is 2.50. The minimum absolute atomic E-state index is 0.181. The molecule has 0 atom stereocenters. The number of ether oxygens (including phenoxy) is 1. The van der Waals surface area contributed by atoms with Crippen LogP contribution in [0, 0.1) is 12.7 Å². The Morgan fingerprint density at radius 3 is 2.41 bits per heavy atom. The summed E-state index contributed by atoms with van der Waals surface area (Å²) >= 11 is 1.36. The number of hydrogen-bond donors (Lipinski definition) is 0. The summed E-state index contributed by atoms with van der Waals surface area (Å²) in [7, 11) is 0. The van der Waals surface area contributed by atoms with Gasteiger partial charge < -0.3 is 4.74 Å². The summed E-state index contributed by atoms with van der Waals surface area (Å²) in [6.07, 6.45) is 1.83. The van der Waals surface area contributed by atoms with Gasteiger partial charge in [-0.2, -0.15) is 0 Å². The molecular weight excluding hydrogens is 299 g/mol. The summed E-state index contributed by atoms with van der Waals surface area (Å²) in [6.45, 7) is 2.17. The highest BCUT2D eigenvalue weighted by Gasteiger charge is 2.27. The number of hydrogen-bond acceptors (Lipinski definition) is 3. The SMILES string of the molecule is CSc1ccc(C2=C(c3ccc(C)cc3)C(=O)OC2)cc1F. The Balaban J connectivity index is 2.11. The highest BCUT2D eigenvalue weighted by molar-refractivity contribution is 7.98. The number of cyclic esters (lactones) is 1. The van der Waals surface area contributed by atoms with E-state index >= 15 is 0 Å². The molecule has 0 N–H and O–H groups in total. The molecule has 112 valence electrons. The van der Waals surface area contributed by atoms with Gasteiger partial charge in [-0.15, -0.1) is 11.8 Å². The molecule has 0 saturated heterocycles. The van der Waals surface area contributed by atoms with Crippen molar-refractivity contribution in [2.24, 2.45) is 0 Å². The van der Waals surface area contributed by atoms with Crippen molar-refractivity contribution in [1.82, 2.24) is 0 Å². The second-order valence-electron chi connectivity index (χ2n) is 5.15. The van der Waals surface area contributed by atoms with Gasteiger partial charge in [-0.05, 0) is 36.4 Å². The number of benzene rings is 2. The van der Waals surface area contributed by atoms with Crippen LogP contribution in [0.3, 0.4) is 0 Å². The summed E-state index contributed by atoms with van der Waals surface area (Å²) < 4.78 is 19.2. The fourth-order valence-corrected chi connectivity index (χ4v) is 2.96. The van der Waals surface area contributed by atoms with Crippen molar-refractivity contribution in [3.05, 3.63) is 65.0 Å². The molecule has 0 bridgehead atoms. The average molecular weight is 314 g/mol. The van der Waals surface area contributed by atoms with E-state index in [2.05, 4.69) is 0 Å². The zero-order valence-corrected chi connectivity index (χ0v) is 13.2. The van der Waals surface area contributed by atoms with Crippen molar-refractivity contribution in [2.75, 3.05) is 12.9 Å². The van der Waals surface area contributed by atoms with Crippen LogP contribution in [0.1, 0.15) is 16.7 Å². The number of carbonyl (C=O) groups excluding carboxylic acids is 1. The van der Waals surface area contributed by atoms with Gasteiger partial charge in [-0.3, -0.25) is 0 Å². The third-order valence-corrected chi connectivity index (χ3v) is 4.46. The molecule has 0 radical (unpaired) electrons. The molecule has 2 nitrogen and oxygen atoms in total. The number of thioether (sulfide) groups is 1. The van der Waals surface area contributed by atoms with Crippen molar-refractivity contribution in [1.29, 1.82) is 0 Å². The molecule has 0 fully saturated rings. The maximum atomic E-state index is 14.0. The van der Waals surface area contributed by atoms with E-state index in [1.54, 1.807) is 6.07 Å². The lowest BCUT2D eigenvalue weighted by Crippen LogP contribution is -1.98. The predicted octanol–water partition coefficient (Wildman–Crippen LogP) is 4.32. The largest absolute Gasteiger partial charge is 0.457 e. The second-order valence-corrected chi connectivity index (χ2v) is 5.99. The van der Waals surface area contributed by atoms with Crippen LogP contribution >= 0.6 is 11.8 Å². The number of aryl methyl sites for hydroxylation is 1. The molecule has 0 aromatic heterocycles. The minimum Gasteiger partial charge on any atom is -0.457 e. The van der Waals surface area contributed by atoms with E-state index in [9.17, 15) is 9.18 Å². The zero-order valence-electron chi connectivity index (χ0n) is 12.4. The highest BCUT2D eigenvalue weighted by atomic mass is 32.2. The van der Waals surface area contributed by atoms with Gasteiger partial charge >= 0.3 is 5.97 Å². The van der Waals surface area contributed by atoms with Gasteiger partial charge in [0.05, 0.1) is 5.57 Å².